The van der Waals surface area contributed by atoms with Crippen LogP contribution in [-0.2, 0) is 0 Å². The summed E-state index contributed by atoms with van der Waals surface area (Å²) in [6.07, 6.45) is 1.84. The van der Waals surface area contributed by atoms with Gasteiger partial charge in [0.15, 0.2) is 11.5 Å². The molecule has 6 heteroatoms. The van der Waals surface area contributed by atoms with Crippen molar-refractivity contribution in [1.82, 2.24) is 5.43 Å². The molecule has 0 aliphatic heterocycles. The van der Waals surface area contributed by atoms with Gasteiger partial charge in [-0.1, -0.05) is 13.8 Å². The third-order valence-corrected chi connectivity index (χ3v) is 2.62. The van der Waals surface area contributed by atoms with Crippen molar-refractivity contribution in [3.63, 3.8) is 0 Å². The Morgan fingerprint density at radius 3 is 2.38 bits per heavy atom. The minimum atomic E-state index is -0.695. The largest absolute Gasteiger partial charge is 0.490 e. The second kappa shape index (κ2) is 8.84. The minimum Gasteiger partial charge on any atom is -0.490 e. The number of amides is 2. The first-order chi connectivity index (χ1) is 10.1. The molecule has 0 spiro atoms. The van der Waals surface area contributed by atoms with Crippen LogP contribution in [0, 0.1) is 0 Å². The van der Waals surface area contributed by atoms with Crippen LogP contribution < -0.4 is 20.6 Å². The fourth-order valence-electron chi connectivity index (χ4n) is 1.59. The van der Waals surface area contributed by atoms with Crippen molar-refractivity contribution in [3.8, 4) is 11.5 Å². The lowest BCUT2D eigenvalue weighted by molar-refractivity contribution is 0.249. The van der Waals surface area contributed by atoms with Crippen LogP contribution >= 0.6 is 0 Å². The van der Waals surface area contributed by atoms with E-state index in [-0.39, 0.29) is 0 Å². The van der Waals surface area contributed by atoms with E-state index in [9.17, 15) is 4.79 Å². The Kier molecular flexibility index (Phi) is 7.08. The summed E-state index contributed by atoms with van der Waals surface area (Å²) < 4.78 is 11.4. The van der Waals surface area contributed by atoms with Crippen molar-refractivity contribution >= 4 is 11.7 Å². The van der Waals surface area contributed by atoms with E-state index < -0.39 is 6.03 Å². The molecule has 0 unspecified atom stereocenters. The van der Waals surface area contributed by atoms with Gasteiger partial charge in [-0.15, -0.1) is 0 Å². The third kappa shape index (κ3) is 5.72. The van der Waals surface area contributed by atoms with Crippen LogP contribution in [0.4, 0.5) is 4.79 Å². The molecule has 0 saturated carbocycles. The van der Waals surface area contributed by atoms with Crippen LogP contribution in [-0.4, -0.2) is 25.0 Å². The number of nitrogens with zero attached hydrogens (tertiary/aromatic N) is 1. The van der Waals surface area contributed by atoms with E-state index in [0.717, 1.165) is 18.4 Å². The normalized spacial score (nSPS) is 11.1. The monoisotopic (exact) mass is 293 g/mol. The Labute approximate surface area is 125 Å². The molecule has 0 bridgehead atoms. The standard InChI is InChI=1S/C15H23N3O3/c1-4-8-20-13-7-6-12(10-14(13)21-9-5-2)11(3)17-18-15(16)19/h6-7,10H,4-5,8-9H2,1-3H3,(H3,16,18,19)/b17-11+. The zero-order valence-electron chi connectivity index (χ0n) is 12.8. The summed E-state index contributed by atoms with van der Waals surface area (Å²) in [5.41, 5.74) is 8.67. The van der Waals surface area contributed by atoms with E-state index in [0.29, 0.717) is 30.4 Å². The van der Waals surface area contributed by atoms with E-state index in [1.807, 2.05) is 32.0 Å². The zero-order valence-corrected chi connectivity index (χ0v) is 12.8. The maximum Gasteiger partial charge on any atom is 0.332 e. The lowest BCUT2D eigenvalue weighted by Gasteiger charge is -2.13. The highest BCUT2D eigenvalue weighted by molar-refractivity contribution is 5.99. The van der Waals surface area contributed by atoms with Crippen LogP contribution in [0.25, 0.3) is 0 Å². The predicted molar refractivity (Wildman–Crippen MR) is 82.9 cm³/mol. The average molecular weight is 293 g/mol. The Balaban J connectivity index is 2.96. The van der Waals surface area contributed by atoms with Gasteiger partial charge in [0.1, 0.15) is 0 Å². The van der Waals surface area contributed by atoms with Gasteiger partial charge in [0.25, 0.3) is 0 Å². The third-order valence-electron chi connectivity index (χ3n) is 2.62. The smallest absolute Gasteiger partial charge is 0.332 e. The van der Waals surface area contributed by atoms with E-state index in [1.54, 1.807) is 6.92 Å². The van der Waals surface area contributed by atoms with Crippen molar-refractivity contribution in [3.05, 3.63) is 23.8 Å². The van der Waals surface area contributed by atoms with Gasteiger partial charge >= 0.3 is 6.03 Å². The molecule has 0 aliphatic rings. The lowest BCUT2D eigenvalue weighted by Crippen LogP contribution is -2.25. The number of rotatable bonds is 8. The lowest BCUT2D eigenvalue weighted by atomic mass is 10.1. The van der Waals surface area contributed by atoms with Crippen LogP contribution in [0.1, 0.15) is 39.2 Å². The molecule has 116 valence electrons. The molecule has 0 atom stereocenters. The molecule has 21 heavy (non-hydrogen) atoms. The molecular weight excluding hydrogens is 270 g/mol. The molecule has 0 aromatic heterocycles. The van der Waals surface area contributed by atoms with E-state index in [1.165, 1.54) is 0 Å². The Hall–Kier alpha value is -2.24. The average Bonchev–Trinajstić information content (AvgIpc) is 2.48. The number of ether oxygens (including phenoxy) is 2. The number of primary amides is 1. The number of hydrazone groups is 1. The maximum absolute atomic E-state index is 10.7. The molecule has 0 fully saturated rings. The molecule has 1 rings (SSSR count). The molecular formula is C15H23N3O3. The Bertz CT molecular complexity index is 501. The van der Waals surface area contributed by atoms with Crippen molar-refractivity contribution in [2.45, 2.75) is 33.6 Å². The second-order valence-electron chi connectivity index (χ2n) is 4.53. The fraction of sp³-hybridized carbons (Fsp3) is 0.467. The maximum atomic E-state index is 10.7. The van der Waals surface area contributed by atoms with E-state index in [2.05, 4.69) is 10.5 Å². The summed E-state index contributed by atoms with van der Waals surface area (Å²) in [5.74, 6) is 1.39. The first kappa shape index (κ1) is 16.8. The van der Waals surface area contributed by atoms with Crippen LogP contribution in [0.3, 0.4) is 0 Å². The van der Waals surface area contributed by atoms with E-state index >= 15 is 0 Å². The van der Waals surface area contributed by atoms with Gasteiger partial charge in [-0.2, -0.15) is 5.10 Å². The Morgan fingerprint density at radius 1 is 1.19 bits per heavy atom. The SMILES string of the molecule is CCCOc1ccc(/C(C)=N/NC(N)=O)cc1OCCC. The fourth-order valence-corrected chi connectivity index (χ4v) is 1.59. The quantitative estimate of drug-likeness (QED) is 0.570. The van der Waals surface area contributed by atoms with Crippen LogP contribution in [0.5, 0.6) is 11.5 Å². The van der Waals surface area contributed by atoms with Gasteiger partial charge in [-0.25, -0.2) is 10.2 Å². The number of hydrogen-bond acceptors (Lipinski definition) is 4. The van der Waals surface area contributed by atoms with Crippen molar-refractivity contribution in [1.29, 1.82) is 0 Å². The van der Waals surface area contributed by atoms with Crippen molar-refractivity contribution < 1.29 is 14.3 Å². The molecule has 0 heterocycles. The molecule has 1 aromatic rings. The molecule has 0 aliphatic carbocycles. The first-order valence-electron chi connectivity index (χ1n) is 7.08. The number of carbonyl (C=O) groups excluding carboxylic acids is 1. The predicted octanol–water partition coefficient (Wildman–Crippen LogP) is 2.66. The first-order valence-corrected chi connectivity index (χ1v) is 7.08. The highest BCUT2D eigenvalue weighted by atomic mass is 16.5. The molecule has 0 radical (unpaired) electrons. The Morgan fingerprint density at radius 2 is 1.81 bits per heavy atom. The molecule has 2 amide bonds. The van der Waals surface area contributed by atoms with Gasteiger partial charge in [-0.05, 0) is 38.0 Å². The summed E-state index contributed by atoms with van der Waals surface area (Å²) in [7, 11) is 0. The number of nitrogens with two attached hydrogens (primary N) is 1. The summed E-state index contributed by atoms with van der Waals surface area (Å²) in [6, 6.07) is 4.87. The number of benzene rings is 1. The van der Waals surface area contributed by atoms with E-state index in [4.69, 9.17) is 15.2 Å². The second-order valence-corrected chi connectivity index (χ2v) is 4.53. The van der Waals surface area contributed by atoms with Gasteiger partial charge < -0.3 is 15.2 Å². The summed E-state index contributed by atoms with van der Waals surface area (Å²) in [4.78, 5) is 10.7. The minimum absolute atomic E-state index is 0.613. The number of hydrogen-bond donors (Lipinski definition) is 2. The zero-order chi connectivity index (χ0) is 15.7. The topological polar surface area (TPSA) is 85.9 Å². The van der Waals surface area contributed by atoms with Gasteiger partial charge in [0.2, 0.25) is 0 Å². The number of urea groups is 1. The van der Waals surface area contributed by atoms with Crippen LogP contribution in [0.15, 0.2) is 23.3 Å². The van der Waals surface area contributed by atoms with Gasteiger partial charge in [0.05, 0.1) is 18.9 Å². The van der Waals surface area contributed by atoms with Crippen LogP contribution in [0.2, 0.25) is 0 Å². The van der Waals surface area contributed by atoms with Gasteiger partial charge in [-0.3, -0.25) is 0 Å². The van der Waals surface area contributed by atoms with Crippen molar-refractivity contribution in [2.75, 3.05) is 13.2 Å². The summed E-state index contributed by atoms with van der Waals surface area (Å²) in [6.45, 7) is 7.12. The van der Waals surface area contributed by atoms with Gasteiger partial charge in [0, 0.05) is 5.56 Å². The molecule has 6 nitrogen and oxygen atoms in total. The molecule has 3 N–H and O–H groups in total. The van der Waals surface area contributed by atoms with Crippen molar-refractivity contribution in [2.24, 2.45) is 10.8 Å². The molecule has 1 aromatic carbocycles. The summed E-state index contributed by atoms with van der Waals surface area (Å²) in [5, 5.41) is 3.90. The highest BCUT2D eigenvalue weighted by Gasteiger charge is 2.08. The molecule has 0 saturated heterocycles. The summed E-state index contributed by atoms with van der Waals surface area (Å²) >= 11 is 0. The number of nitrogens with one attached hydrogen (secondary N) is 1. The highest BCUT2D eigenvalue weighted by Crippen LogP contribution is 2.29. The number of carbonyl (C=O) groups is 1.